The molecule has 7 heteroatoms. The maximum Gasteiger partial charge on any atom is 0.274 e. The predicted octanol–water partition coefficient (Wildman–Crippen LogP) is 4.42. The third-order valence-corrected chi connectivity index (χ3v) is 4.20. The number of amides is 1. The highest BCUT2D eigenvalue weighted by atomic mass is 19.1. The topological polar surface area (TPSA) is 58.1 Å². The van der Waals surface area contributed by atoms with Crippen molar-refractivity contribution in [3.63, 3.8) is 0 Å². The number of carbonyl (C=O) groups excluding carboxylic acids is 1. The Kier molecular flexibility index (Phi) is 5.93. The van der Waals surface area contributed by atoms with Crippen LogP contribution in [0.25, 0.3) is 0 Å². The molecule has 0 atom stereocenters. The van der Waals surface area contributed by atoms with Gasteiger partial charge in [0.25, 0.3) is 5.91 Å². The summed E-state index contributed by atoms with van der Waals surface area (Å²) in [7, 11) is 0. The highest BCUT2D eigenvalue weighted by Crippen LogP contribution is 2.21. The quantitative estimate of drug-likeness (QED) is 0.686. The summed E-state index contributed by atoms with van der Waals surface area (Å²) >= 11 is 0. The fraction of sp³-hybridized carbons (Fsp3) is 0.190. The normalized spacial score (nSPS) is 10.8. The molecule has 0 aliphatic heterocycles. The van der Waals surface area contributed by atoms with Crippen molar-refractivity contribution in [1.82, 2.24) is 9.97 Å². The number of hydrogen-bond donors (Lipinski definition) is 1. The van der Waals surface area contributed by atoms with E-state index in [9.17, 15) is 13.6 Å². The lowest BCUT2D eigenvalue weighted by molar-refractivity contribution is 0.102. The third-order valence-electron chi connectivity index (χ3n) is 4.20. The number of rotatable bonds is 6. The number of carbonyl (C=O) groups is 1. The average Bonchev–Trinajstić information content (AvgIpc) is 2.69. The molecule has 1 N–H and O–H groups in total. The Morgan fingerprint density at radius 1 is 1.04 bits per heavy atom. The highest BCUT2D eigenvalue weighted by Gasteiger charge is 2.18. The molecule has 0 aliphatic rings. The second-order valence-electron chi connectivity index (χ2n) is 6.52. The number of hydrogen-bond acceptors (Lipinski definition) is 4. The van der Waals surface area contributed by atoms with E-state index in [0.717, 1.165) is 17.7 Å². The van der Waals surface area contributed by atoms with E-state index in [1.54, 1.807) is 0 Å². The molecular formula is C21H20F2N4O. The van der Waals surface area contributed by atoms with Crippen molar-refractivity contribution in [2.45, 2.75) is 26.4 Å². The van der Waals surface area contributed by atoms with Crippen molar-refractivity contribution in [3.8, 4) is 0 Å². The molecule has 2 aromatic carbocycles. The summed E-state index contributed by atoms with van der Waals surface area (Å²) in [6.45, 7) is 4.62. The second-order valence-corrected chi connectivity index (χ2v) is 6.52. The van der Waals surface area contributed by atoms with Crippen LogP contribution in [0.2, 0.25) is 0 Å². The number of para-hydroxylation sites is 1. The van der Waals surface area contributed by atoms with Gasteiger partial charge in [-0.05, 0) is 31.5 Å². The fourth-order valence-electron chi connectivity index (χ4n) is 2.73. The number of aromatic nitrogens is 2. The molecule has 28 heavy (non-hydrogen) atoms. The number of halogens is 2. The molecule has 0 unspecified atom stereocenters. The second kappa shape index (κ2) is 8.56. The van der Waals surface area contributed by atoms with E-state index in [2.05, 4.69) is 15.3 Å². The third kappa shape index (κ3) is 4.49. The van der Waals surface area contributed by atoms with Crippen LogP contribution in [0.15, 0.2) is 60.9 Å². The molecule has 5 nitrogen and oxygen atoms in total. The van der Waals surface area contributed by atoms with Crippen LogP contribution < -0.4 is 10.2 Å². The fourth-order valence-corrected chi connectivity index (χ4v) is 2.73. The van der Waals surface area contributed by atoms with Gasteiger partial charge in [-0.3, -0.25) is 4.79 Å². The first kappa shape index (κ1) is 19.4. The van der Waals surface area contributed by atoms with Crippen LogP contribution in [0.3, 0.4) is 0 Å². The zero-order chi connectivity index (χ0) is 20.1. The number of nitrogens with one attached hydrogen (secondary N) is 1. The largest absolute Gasteiger partial charge is 0.350 e. The van der Waals surface area contributed by atoms with Crippen LogP contribution in [0.5, 0.6) is 0 Å². The molecule has 0 aliphatic carbocycles. The monoisotopic (exact) mass is 382 g/mol. The van der Waals surface area contributed by atoms with Gasteiger partial charge in [0.05, 0.1) is 0 Å². The SMILES string of the molecule is CC(C)N(Cc1ccccc1)c1cc(C(=O)Nc2c(F)cccc2F)ncn1. The van der Waals surface area contributed by atoms with E-state index < -0.39 is 23.2 Å². The van der Waals surface area contributed by atoms with Crippen molar-refractivity contribution in [3.05, 3.63) is 83.8 Å². The van der Waals surface area contributed by atoms with E-state index in [4.69, 9.17) is 0 Å². The van der Waals surface area contributed by atoms with Crippen molar-refractivity contribution < 1.29 is 13.6 Å². The van der Waals surface area contributed by atoms with Gasteiger partial charge in [0.1, 0.15) is 35.2 Å². The van der Waals surface area contributed by atoms with Crippen LogP contribution in [-0.4, -0.2) is 21.9 Å². The van der Waals surface area contributed by atoms with Gasteiger partial charge in [-0.25, -0.2) is 18.7 Å². The first-order valence-electron chi connectivity index (χ1n) is 8.83. The summed E-state index contributed by atoms with van der Waals surface area (Å²) in [4.78, 5) is 22.7. The first-order chi connectivity index (χ1) is 13.5. The molecule has 0 bridgehead atoms. The molecule has 0 radical (unpaired) electrons. The Balaban J connectivity index is 1.84. The Morgan fingerprint density at radius 2 is 1.71 bits per heavy atom. The van der Waals surface area contributed by atoms with Crippen molar-refractivity contribution >= 4 is 17.4 Å². The van der Waals surface area contributed by atoms with E-state index >= 15 is 0 Å². The minimum atomic E-state index is -0.851. The molecule has 3 rings (SSSR count). The molecular weight excluding hydrogens is 362 g/mol. The van der Waals surface area contributed by atoms with Crippen LogP contribution in [0.1, 0.15) is 29.9 Å². The first-order valence-corrected chi connectivity index (χ1v) is 8.83. The van der Waals surface area contributed by atoms with E-state index in [-0.39, 0.29) is 11.7 Å². The van der Waals surface area contributed by atoms with Gasteiger partial charge >= 0.3 is 0 Å². The van der Waals surface area contributed by atoms with Crippen LogP contribution in [0, 0.1) is 11.6 Å². The molecule has 0 saturated carbocycles. The van der Waals surface area contributed by atoms with Crippen molar-refractivity contribution in [1.29, 1.82) is 0 Å². The lowest BCUT2D eigenvalue weighted by Crippen LogP contribution is -2.31. The van der Waals surface area contributed by atoms with Gasteiger partial charge < -0.3 is 10.2 Å². The van der Waals surface area contributed by atoms with Crippen molar-refractivity contribution in [2.75, 3.05) is 10.2 Å². The lowest BCUT2D eigenvalue weighted by atomic mass is 10.2. The number of benzene rings is 2. The summed E-state index contributed by atoms with van der Waals surface area (Å²) in [6, 6.07) is 14.9. The van der Waals surface area contributed by atoms with Gasteiger partial charge in [0.15, 0.2) is 0 Å². The summed E-state index contributed by atoms with van der Waals surface area (Å²) in [5.74, 6) is -1.87. The molecule has 0 fully saturated rings. The average molecular weight is 382 g/mol. The maximum atomic E-state index is 13.8. The van der Waals surface area contributed by atoms with Gasteiger partial charge in [0.2, 0.25) is 0 Å². The Bertz CT molecular complexity index is 943. The number of anilines is 2. The Labute approximate surface area is 162 Å². The summed E-state index contributed by atoms with van der Waals surface area (Å²) in [6.07, 6.45) is 1.27. The number of nitrogens with zero attached hydrogens (tertiary/aromatic N) is 3. The summed E-state index contributed by atoms with van der Waals surface area (Å²) in [5.41, 5.74) is 0.610. The van der Waals surface area contributed by atoms with E-state index in [1.807, 2.05) is 49.1 Å². The van der Waals surface area contributed by atoms with E-state index in [0.29, 0.717) is 12.4 Å². The summed E-state index contributed by atoms with van der Waals surface area (Å²) < 4.78 is 27.6. The molecule has 144 valence electrons. The van der Waals surface area contributed by atoms with Crippen LogP contribution in [-0.2, 0) is 6.54 Å². The highest BCUT2D eigenvalue weighted by molar-refractivity contribution is 6.03. The van der Waals surface area contributed by atoms with Gasteiger partial charge in [-0.1, -0.05) is 36.4 Å². The molecule has 0 spiro atoms. The molecule has 1 heterocycles. The maximum absolute atomic E-state index is 13.8. The molecule has 1 aromatic heterocycles. The predicted molar refractivity (Wildman–Crippen MR) is 104 cm³/mol. The van der Waals surface area contributed by atoms with Gasteiger partial charge in [-0.15, -0.1) is 0 Å². The van der Waals surface area contributed by atoms with Crippen LogP contribution >= 0.6 is 0 Å². The smallest absolute Gasteiger partial charge is 0.274 e. The van der Waals surface area contributed by atoms with Crippen LogP contribution in [0.4, 0.5) is 20.3 Å². The van der Waals surface area contributed by atoms with Crippen molar-refractivity contribution in [2.24, 2.45) is 0 Å². The van der Waals surface area contributed by atoms with Gasteiger partial charge in [0, 0.05) is 18.7 Å². The van der Waals surface area contributed by atoms with E-state index in [1.165, 1.54) is 18.5 Å². The zero-order valence-corrected chi connectivity index (χ0v) is 15.6. The standard InChI is InChI=1S/C21H20F2N4O/c1-14(2)27(12-15-7-4-3-5-8-15)19-11-18(24-13-25-19)21(28)26-20-16(22)9-6-10-17(20)23/h3-11,13-14H,12H2,1-2H3,(H,26,28). The molecule has 1 amide bonds. The minimum Gasteiger partial charge on any atom is -0.350 e. The zero-order valence-electron chi connectivity index (χ0n) is 15.6. The Morgan fingerprint density at radius 3 is 2.36 bits per heavy atom. The molecule has 3 aromatic rings. The van der Waals surface area contributed by atoms with Gasteiger partial charge in [-0.2, -0.15) is 0 Å². The Hall–Kier alpha value is -3.35. The summed E-state index contributed by atoms with van der Waals surface area (Å²) in [5, 5.41) is 2.24. The minimum absolute atomic E-state index is 0.0198. The molecule has 0 saturated heterocycles. The lowest BCUT2D eigenvalue weighted by Gasteiger charge is -2.28.